The van der Waals surface area contributed by atoms with Crippen molar-refractivity contribution in [3.05, 3.63) is 35.0 Å². The summed E-state index contributed by atoms with van der Waals surface area (Å²) >= 11 is 0. The van der Waals surface area contributed by atoms with Gasteiger partial charge in [0.15, 0.2) is 0 Å². The third kappa shape index (κ3) is 2.25. The number of hydrogen-bond donors (Lipinski definition) is 1. The number of fused-ring (bicyclic) bond motifs is 1. The van der Waals surface area contributed by atoms with Crippen LogP contribution >= 0.6 is 0 Å². The fourth-order valence-electron chi connectivity index (χ4n) is 2.62. The van der Waals surface area contributed by atoms with Crippen molar-refractivity contribution in [2.45, 2.75) is 46.6 Å². The number of aryl methyl sites for hydroxylation is 1. The Bertz CT molecular complexity index is 636. The molecule has 0 fully saturated rings. The van der Waals surface area contributed by atoms with Gasteiger partial charge in [0.25, 0.3) is 0 Å². The molecule has 0 atom stereocenters. The molecule has 0 unspecified atom stereocenters. The van der Waals surface area contributed by atoms with Gasteiger partial charge >= 0.3 is 5.97 Å². The van der Waals surface area contributed by atoms with E-state index in [0.29, 0.717) is 17.5 Å². The summed E-state index contributed by atoms with van der Waals surface area (Å²) in [5.41, 5.74) is 3.77. The van der Waals surface area contributed by atoms with Crippen molar-refractivity contribution < 1.29 is 9.90 Å². The van der Waals surface area contributed by atoms with Crippen LogP contribution in [0.1, 0.15) is 61.1 Å². The van der Waals surface area contributed by atoms with E-state index in [-0.39, 0.29) is 0 Å². The van der Waals surface area contributed by atoms with Crippen molar-refractivity contribution >= 4 is 16.9 Å². The first kappa shape index (κ1) is 13.7. The molecule has 1 aromatic heterocycles. The molecule has 0 bridgehead atoms. The average molecular weight is 259 g/mol. The predicted octanol–water partition coefficient (Wildman–Crippen LogP) is 4.35. The number of rotatable bonds is 3. The first-order valence-corrected chi connectivity index (χ1v) is 6.71. The predicted molar refractivity (Wildman–Crippen MR) is 78.1 cm³/mol. The van der Waals surface area contributed by atoms with Crippen LogP contribution in [0.25, 0.3) is 10.9 Å². The minimum Gasteiger partial charge on any atom is -0.478 e. The summed E-state index contributed by atoms with van der Waals surface area (Å²) in [6, 6.07) is 3.93. The van der Waals surface area contributed by atoms with Gasteiger partial charge < -0.3 is 9.67 Å². The summed E-state index contributed by atoms with van der Waals surface area (Å²) in [6.45, 7) is 10.6. The number of carboxylic acid groups (broad SMARTS) is 1. The Morgan fingerprint density at radius 3 is 2.32 bits per heavy atom. The number of aromatic nitrogens is 1. The van der Waals surface area contributed by atoms with Crippen LogP contribution in [0.3, 0.4) is 0 Å². The highest BCUT2D eigenvalue weighted by Gasteiger charge is 2.17. The monoisotopic (exact) mass is 259 g/mol. The lowest BCUT2D eigenvalue weighted by Gasteiger charge is -2.11. The van der Waals surface area contributed by atoms with Gasteiger partial charge in [0, 0.05) is 17.6 Å². The lowest BCUT2D eigenvalue weighted by Crippen LogP contribution is -2.01. The molecule has 2 aromatic rings. The fraction of sp³-hybridized carbons (Fsp3) is 0.438. The lowest BCUT2D eigenvalue weighted by atomic mass is 9.99. The molecule has 0 aliphatic carbocycles. The van der Waals surface area contributed by atoms with Gasteiger partial charge in [-0.05, 0) is 49.9 Å². The maximum Gasteiger partial charge on any atom is 0.335 e. The molecule has 2 rings (SSSR count). The van der Waals surface area contributed by atoms with E-state index in [1.807, 2.05) is 6.92 Å². The number of carboxylic acids is 1. The molecule has 19 heavy (non-hydrogen) atoms. The summed E-state index contributed by atoms with van der Waals surface area (Å²) in [6.07, 6.45) is 2.17. The third-order valence-corrected chi connectivity index (χ3v) is 3.57. The van der Waals surface area contributed by atoms with Crippen LogP contribution in [-0.4, -0.2) is 15.6 Å². The number of hydrogen-bond acceptors (Lipinski definition) is 1. The molecule has 1 aromatic carbocycles. The largest absolute Gasteiger partial charge is 0.478 e. The number of benzene rings is 1. The zero-order valence-corrected chi connectivity index (χ0v) is 12.2. The fourth-order valence-corrected chi connectivity index (χ4v) is 2.62. The molecule has 0 saturated carbocycles. The summed E-state index contributed by atoms with van der Waals surface area (Å²) in [5, 5.41) is 10.3. The standard InChI is InChI=1S/C16H21NO2/c1-9(2)14-8-17(10(3)4)15-11(5)6-12(16(18)19)7-13(14)15/h6-10H,1-5H3,(H,18,19). The highest BCUT2D eigenvalue weighted by Crippen LogP contribution is 2.32. The molecule has 3 heteroatoms. The maximum absolute atomic E-state index is 11.2. The van der Waals surface area contributed by atoms with E-state index in [1.165, 1.54) is 5.56 Å². The van der Waals surface area contributed by atoms with Gasteiger partial charge in [0.05, 0.1) is 11.1 Å². The van der Waals surface area contributed by atoms with Gasteiger partial charge in [0.2, 0.25) is 0 Å². The minimum absolute atomic E-state index is 0.365. The maximum atomic E-state index is 11.2. The summed E-state index contributed by atoms with van der Waals surface area (Å²) < 4.78 is 2.24. The Balaban J connectivity index is 2.86. The number of carbonyl (C=O) groups is 1. The highest BCUT2D eigenvalue weighted by atomic mass is 16.4. The zero-order chi connectivity index (χ0) is 14.3. The van der Waals surface area contributed by atoms with Crippen LogP contribution in [-0.2, 0) is 0 Å². The second kappa shape index (κ2) is 4.72. The van der Waals surface area contributed by atoms with Gasteiger partial charge in [-0.15, -0.1) is 0 Å². The van der Waals surface area contributed by atoms with E-state index in [9.17, 15) is 9.90 Å². The summed E-state index contributed by atoms with van der Waals surface area (Å²) in [7, 11) is 0. The van der Waals surface area contributed by atoms with E-state index in [4.69, 9.17) is 0 Å². The molecule has 0 amide bonds. The minimum atomic E-state index is -0.864. The highest BCUT2D eigenvalue weighted by molar-refractivity contribution is 5.96. The van der Waals surface area contributed by atoms with Crippen LogP contribution < -0.4 is 0 Å². The van der Waals surface area contributed by atoms with Gasteiger partial charge in [-0.2, -0.15) is 0 Å². The van der Waals surface area contributed by atoms with E-state index in [2.05, 4.69) is 38.5 Å². The number of nitrogens with zero attached hydrogens (tertiary/aromatic N) is 1. The van der Waals surface area contributed by atoms with Gasteiger partial charge in [-0.3, -0.25) is 0 Å². The van der Waals surface area contributed by atoms with Gasteiger partial charge in [-0.25, -0.2) is 4.79 Å². The smallest absolute Gasteiger partial charge is 0.335 e. The molecule has 1 heterocycles. The molecular weight excluding hydrogens is 238 g/mol. The molecule has 0 spiro atoms. The van der Waals surface area contributed by atoms with Crippen LogP contribution in [0, 0.1) is 6.92 Å². The van der Waals surface area contributed by atoms with Crippen molar-refractivity contribution in [1.29, 1.82) is 0 Å². The molecule has 0 radical (unpaired) electrons. The van der Waals surface area contributed by atoms with Crippen molar-refractivity contribution in [3.63, 3.8) is 0 Å². The molecule has 3 nitrogen and oxygen atoms in total. The van der Waals surface area contributed by atoms with Crippen molar-refractivity contribution in [1.82, 2.24) is 4.57 Å². The molecule has 0 aliphatic heterocycles. The molecule has 0 saturated heterocycles. The van der Waals surface area contributed by atoms with E-state index in [1.54, 1.807) is 12.1 Å². The van der Waals surface area contributed by atoms with Crippen LogP contribution in [0.4, 0.5) is 0 Å². The van der Waals surface area contributed by atoms with Crippen molar-refractivity contribution in [2.24, 2.45) is 0 Å². The average Bonchev–Trinajstić information content (AvgIpc) is 2.68. The van der Waals surface area contributed by atoms with Crippen molar-refractivity contribution in [3.8, 4) is 0 Å². The Morgan fingerprint density at radius 1 is 1.21 bits per heavy atom. The van der Waals surface area contributed by atoms with Gasteiger partial charge in [0.1, 0.15) is 0 Å². The zero-order valence-electron chi connectivity index (χ0n) is 12.2. The second-order valence-corrected chi connectivity index (χ2v) is 5.73. The third-order valence-electron chi connectivity index (χ3n) is 3.57. The van der Waals surface area contributed by atoms with E-state index >= 15 is 0 Å². The normalized spacial score (nSPS) is 11.7. The van der Waals surface area contributed by atoms with Crippen molar-refractivity contribution in [2.75, 3.05) is 0 Å². The molecule has 102 valence electrons. The Labute approximate surface area is 113 Å². The lowest BCUT2D eigenvalue weighted by molar-refractivity contribution is 0.0697. The van der Waals surface area contributed by atoms with Crippen LogP contribution in [0.2, 0.25) is 0 Å². The Morgan fingerprint density at radius 2 is 1.84 bits per heavy atom. The van der Waals surface area contributed by atoms with E-state index < -0.39 is 5.97 Å². The second-order valence-electron chi connectivity index (χ2n) is 5.73. The van der Waals surface area contributed by atoms with Crippen LogP contribution in [0.15, 0.2) is 18.3 Å². The summed E-state index contributed by atoms with van der Waals surface area (Å²) in [4.78, 5) is 11.2. The first-order valence-electron chi connectivity index (χ1n) is 6.71. The topological polar surface area (TPSA) is 42.2 Å². The summed E-state index contributed by atoms with van der Waals surface area (Å²) in [5.74, 6) is -0.483. The van der Waals surface area contributed by atoms with E-state index in [0.717, 1.165) is 16.5 Å². The van der Waals surface area contributed by atoms with Gasteiger partial charge in [-0.1, -0.05) is 13.8 Å². The Kier molecular flexibility index (Phi) is 3.40. The molecule has 0 aliphatic rings. The number of aromatic carboxylic acids is 1. The Hall–Kier alpha value is -1.77. The molecular formula is C16H21NO2. The quantitative estimate of drug-likeness (QED) is 0.890. The first-order chi connectivity index (χ1) is 8.82. The SMILES string of the molecule is Cc1cc(C(=O)O)cc2c(C(C)C)cn(C(C)C)c12. The molecule has 1 N–H and O–H groups in total. The van der Waals surface area contributed by atoms with Crippen LogP contribution in [0.5, 0.6) is 0 Å².